The number of halogens is 1. The second-order valence-electron chi connectivity index (χ2n) is 13.4. The standard InChI is InChI=1S/C29H47BrO3/c1-18(2)7-6-8-19(3)23-9-10-24-22-15-26-29(30)16-21(33-20(4)31)11-14-28(29,17-32-26)25(22)12-13-27(23,24)5/h18-19,21-26H,6-17H2,1-5H3. The van der Waals surface area contributed by atoms with Crippen molar-refractivity contribution in [3.63, 3.8) is 0 Å². The minimum Gasteiger partial charge on any atom is -0.463 e. The number of ether oxygens (including phenoxy) is 2. The molecule has 0 radical (unpaired) electrons. The maximum atomic E-state index is 11.7. The fourth-order valence-electron chi connectivity index (χ4n) is 10.1. The predicted molar refractivity (Wildman–Crippen MR) is 136 cm³/mol. The Bertz CT molecular complexity index is 753. The van der Waals surface area contributed by atoms with Crippen molar-refractivity contribution in [1.82, 2.24) is 0 Å². The van der Waals surface area contributed by atoms with Crippen LogP contribution in [0.2, 0.25) is 0 Å². The fraction of sp³-hybridized carbons (Fsp3) is 0.966. The van der Waals surface area contributed by atoms with Gasteiger partial charge in [0.05, 0.1) is 17.0 Å². The van der Waals surface area contributed by atoms with E-state index in [9.17, 15) is 4.79 Å². The van der Waals surface area contributed by atoms with Gasteiger partial charge in [0, 0.05) is 18.8 Å². The summed E-state index contributed by atoms with van der Waals surface area (Å²) in [6.07, 6.45) is 14.5. The average molecular weight is 524 g/mol. The Balaban J connectivity index is 1.34. The van der Waals surface area contributed by atoms with Gasteiger partial charge in [-0.2, -0.15) is 0 Å². The van der Waals surface area contributed by atoms with E-state index in [4.69, 9.17) is 9.47 Å². The van der Waals surface area contributed by atoms with E-state index < -0.39 is 0 Å². The van der Waals surface area contributed by atoms with Gasteiger partial charge in [0.1, 0.15) is 6.10 Å². The number of alkyl halides is 1. The maximum Gasteiger partial charge on any atom is 0.302 e. The quantitative estimate of drug-likeness (QED) is 0.266. The molecule has 1 aliphatic heterocycles. The van der Waals surface area contributed by atoms with Crippen molar-refractivity contribution >= 4 is 21.9 Å². The first-order chi connectivity index (χ1) is 15.6. The van der Waals surface area contributed by atoms with Crippen LogP contribution in [0, 0.1) is 46.3 Å². The molecule has 10 atom stereocenters. The largest absolute Gasteiger partial charge is 0.463 e. The average Bonchev–Trinajstić information content (AvgIpc) is 3.16. The molecule has 5 fully saturated rings. The van der Waals surface area contributed by atoms with Gasteiger partial charge in [-0.1, -0.05) is 62.9 Å². The number of esters is 1. The van der Waals surface area contributed by atoms with E-state index in [1.54, 1.807) is 6.92 Å². The summed E-state index contributed by atoms with van der Waals surface area (Å²) >= 11 is 4.29. The smallest absolute Gasteiger partial charge is 0.302 e. The third-order valence-corrected chi connectivity index (χ3v) is 13.1. The van der Waals surface area contributed by atoms with E-state index in [1.807, 2.05) is 0 Å². The first kappa shape index (κ1) is 24.6. The van der Waals surface area contributed by atoms with Crippen molar-refractivity contribution in [3.8, 4) is 0 Å². The Morgan fingerprint density at radius 3 is 2.61 bits per heavy atom. The number of hydrogen-bond acceptors (Lipinski definition) is 3. The van der Waals surface area contributed by atoms with Gasteiger partial charge in [0.15, 0.2) is 0 Å². The lowest BCUT2D eigenvalue weighted by molar-refractivity contribution is -0.154. The second kappa shape index (κ2) is 8.79. The molecule has 0 aromatic rings. The van der Waals surface area contributed by atoms with Gasteiger partial charge in [-0.05, 0) is 85.9 Å². The Labute approximate surface area is 210 Å². The lowest BCUT2D eigenvalue weighted by Crippen LogP contribution is -2.63. The van der Waals surface area contributed by atoms with Crippen LogP contribution in [0.5, 0.6) is 0 Å². The van der Waals surface area contributed by atoms with Crippen LogP contribution in [0.15, 0.2) is 0 Å². The summed E-state index contributed by atoms with van der Waals surface area (Å²) in [5, 5.41) is 0. The molecule has 0 aromatic carbocycles. The lowest BCUT2D eigenvalue weighted by atomic mass is 9.44. The summed E-state index contributed by atoms with van der Waals surface area (Å²) in [6.45, 7) is 12.4. The topological polar surface area (TPSA) is 35.5 Å². The summed E-state index contributed by atoms with van der Waals surface area (Å²) in [5.41, 5.74) is 0.759. The van der Waals surface area contributed by atoms with Crippen LogP contribution < -0.4 is 0 Å². The molecule has 4 heteroatoms. The third-order valence-electron chi connectivity index (χ3n) is 11.5. The summed E-state index contributed by atoms with van der Waals surface area (Å²) in [4.78, 5) is 11.7. The highest BCUT2D eigenvalue weighted by Gasteiger charge is 2.72. The molecule has 188 valence electrons. The molecular weight excluding hydrogens is 476 g/mol. The van der Waals surface area contributed by atoms with Gasteiger partial charge in [-0.3, -0.25) is 4.79 Å². The van der Waals surface area contributed by atoms with Crippen LogP contribution in [0.1, 0.15) is 105 Å². The Kier molecular flexibility index (Phi) is 6.55. The zero-order valence-corrected chi connectivity index (χ0v) is 23.3. The van der Waals surface area contributed by atoms with Gasteiger partial charge in [-0.15, -0.1) is 0 Å². The van der Waals surface area contributed by atoms with Crippen LogP contribution in [0.4, 0.5) is 0 Å². The maximum absolute atomic E-state index is 11.7. The number of fused-ring (bicyclic) bond motifs is 3. The molecule has 10 unspecified atom stereocenters. The predicted octanol–water partition coefficient (Wildman–Crippen LogP) is 7.55. The van der Waals surface area contributed by atoms with E-state index in [2.05, 4.69) is 43.6 Å². The molecule has 33 heavy (non-hydrogen) atoms. The number of carbonyl (C=O) groups excluding carboxylic acids is 1. The molecule has 4 saturated carbocycles. The summed E-state index contributed by atoms with van der Waals surface area (Å²) in [7, 11) is 0. The van der Waals surface area contributed by atoms with Crippen LogP contribution >= 0.6 is 15.9 Å². The zero-order valence-electron chi connectivity index (χ0n) is 21.7. The van der Waals surface area contributed by atoms with Crippen molar-refractivity contribution in [2.45, 2.75) is 122 Å². The minimum atomic E-state index is -0.137. The van der Waals surface area contributed by atoms with Crippen LogP contribution in [0.3, 0.4) is 0 Å². The molecule has 0 spiro atoms. The van der Waals surface area contributed by atoms with Gasteiger partial charge >= 0.3 is 5.97 Å². The number of hydrogen-bond donors (Lipinski definition) is 0. The van der Waals surface area contributed by atoms with Crippen molar-refractivity contribution in [1.29, 1.82) is 0 Å². The highest BCUT2D eigenvalue weighted by atomic mass is 79.9. The summed E-state index contributed by atoms with van der Waals surface area (Å²) in [5.74, 6) is 4.92. The van der Waals surface area contributed by atoms with E-state index in [1.165, 1.54) is 51.4 Å². The molecule has 2 bridgehead atoms. The highest BCUT2D eigenvalue weighted by Crippen LogP contribution is 2.73. The fourth-order valence-corrected chi connectivity index (χ4v) is 11.3. The van der Waals surface area contributed by atoms with Crippen LogP contribution in [-0.2, 0) is 14.3 Å². The summed E-state index contributed by atoms with van der Waals surface area (Å²) < 4.78 is 12.3. The van der Waals surface area contributed by atoms with Crippen molar-refractivity contribution in [2.75, 3.05) is 6.61 Å². The third kappa shape index (κ3) is 3.78. The number of carbonyl (C=O) groups is 1. The molecule has 0 N–H and O–H groups in total. The van der Waals surface area contributed by atoms with Crippen molar-refractivity contribution in [3.05, 3.63) is 0 Å². The number of rotatable bonds is 6. The Hall–Kier alpha value is -0.0900. The molecule has 4 aliphatic carbocycles. The molecule has 1 saturated heterocycles. The Morgan fingerprint density at radius 1 is 1.09 bits per heavy atom. The van der Waals surface area contributed by atoms with Gasteiger partial charge in [-0.25, -0.2) is 0 Å². The normalized spacial score (nSPS) is 49.3. The zero-order chi connectivity index (χ0) is 23.6. The molecule has 0 aromatic heterocycles. The lowest BCUT2D eigenvalue weighted by Gasteiger charge is -2.63. The molecule has 0 amide bonds. The molecule has 1 heterocycles. The van der Waals surface area contributed by atoms with Gasteiger partial charge in [0.2, 0.25) is 0 Å². The van der Waals surface area contributed by atoms with E-state index in [0.29, 0.717) is 5.41 Å². The summed E-state index contributed by atoms with van der Waals surface area (Å²) in [6, 6.07) is 0. The minimum absolute atomic E-state index is 0.00455. The molecule has 3 nitrogen and oxygen atoms in total. The van der Waals surface area contributed by atoms with Crippen molar-refractivity contribution in [2.24, 2.45) is 46.3 Å². The monoisotopic (exact) mass is 522 g/mol. The van der Waals surface area contributed by atoms with Crippen LogP contribution in [0.25, 0.3) is 0 Å². The second-order valence-corrected chi connectivity index (χ2v) is 14.9. The SMILES string of the molecule is CC(=O)OC1CCC23COC(CC4C5CCC(C(C)CCCC(C)C)C5(C)CCC42)C3(Br)C1. The molecular formula is C29H47BrO3. The highest BCUT2D eigenvalue weighted by molar-refractivity contribution is 9.10. The molecule has 5 aliphatic rings. The molecule has 5 rings (SSSR count). The van der Waals surface area contributed by atoms with E-state index >= 15 is 0 Å². The van der Waals surface area contributed by atoms with E-state index in [-0.39, 0.29) is 27.9 Å². The van der Waals surface area contributed by atoms with Gasteiger partial charge < -0.3 is 9.47 Å². The van der Waals surface area contributed by atoms with Gasteiger partial charge in [0.25, 0.3) is 0 Å². The van der Waals surface area contributed by atoms with Crippen molar-refractivity contribution < 1.29 is 14.3 Å². The van der Waals surface area contributed by atoms with E-state index in [0.717, 1.165) is 61.4 Å². The first-order valence-electron chi connectivity index (χ1n) is 14.1. The van der Waals surface area contributed by atoms with Crippen LogP contribution in [-0.4, -0.2) is 29.1 Å². The first-order valence-corrected chi connectivity index (χ1v) is 14.9. The Morgan fingerprint density at radius 2 is 1.88 bits per heavy atom.